The van der Waals surface area contributed by atoms with Crippen LogP contribution in [0.3, 0.4) is 0 Å². The predicted molar refractivity (Wildman–Crippen MR) is 76.6 cm³/mol. The number of carbonyl (C=O) groups excluding carboxylic acids is 1. The number of hydrogen-bond acceptors (Lipinski definition) is 3. The predicted octanol–water partition coefficient (Wildman–Crippen LogP) is 3.02. The lowest BCUT2D eigenvalue weighted by molar-refractivity contribution is 0.0934. The summed E-state index contributed by atoms with van der Waals surface area (Å²) < 4.78 is 0. The van der Waals surface area contributed by atoms with Gasteiger partial charge in [0.25, 0.3) is 0 Å². The maximum atomic E-state index is 12.1. The van der Waals surface area contributed by atoms with Crippen molar-refractivity contribution in [3.05, 3.63) is 66.0 Å². The lowest BCUT2D eigenvalue weighted by atomic mass is 10.00. The van der Waals surface area contributed by atoms with Gasteiger partial charge in [-0.1, -0.05) is 43.3 Å². The van der Waals surface area contributed by atoms with Gasteiger partial charge in [0, 0.05) is 30.4 Å². The molecule has 1 unspecified atom stereocenters. The van der Waals surface area contributed by atoms with Gasteiger partial charge in [0.1, 0.15) is 0 Å². The van der Waals surface area contributed by atoms with E-state index < -0.39 is 0 Å². The SMILES string of the molecule is CC(CN=Cc1ccccn1)C(=O)c1ccccc1. The molecule has 0 bridgehead atoms. The summed E-state index contributed by atoms with van der Waals surface area (Å²) in [7, 11) is 0. The van der Waals surface area contributed by atoms with Crippen LogP contribution >= 0.6 is 0 Å². The highest BCUT2D eigenvalue weighted by molar-refractivity contribution is 5.97. The minimum Gasteiger partial charge on any atom is -0.294 e. The molecule has 0 radical (unpaired) electrons. The summed E-state index contributed by atoms with van der Waals surface area (Å²) in [6.45, 7) is 2.37. The van der Waals surface area contributed by atoms with Crippen LogP contribution in [0.1, 0.15) is 23.0 Å². The van der Waals surface area contributed by atoms with Gasteiger partial charge in [0.2, 0.25) is 0 Å². The van der Waals surface area contributed by atoms with Crippen LogP contribution in [0.25, 0.3) is 0 Å². The summed E-state index contributed by atoms with van der Waals surface area (Å²) in [4.78, 5) is 20.5. The maximum absolute atomic E-state index is 12.1. The van der Waals surface area contributed by atoms with Crippen LogP contribution in [-0.4, -0.2) is 23.5 Å². The van der Waals surface area contributed by atoms with Crippen molar-refractivity contribution in [2.45, 2.75) is 6.92 Å². The van der Waals surface area contributed by atoms with E-state index in [1.54, 1.807) is 12.4 Å². The minimum absolute atomic E-state index is 0.123. The van der Waals surface area contributed by atoms with Crippen LogP contribution in [0.15, 0.2) is 59.7 Å². The van der Waals surface area contributed by atoms with Gasteiger partial charge >= 0.3 is 0 Å². The molecule has 0 aliphatic rings. The van der Waals surface area contributed by atoms with Gasteiger partial charge in [-0.25, -0.2) is 0 Å². The van der Waals surface area contributed by atoms with E-state index in [4.69, 9.17) is 0 Å². The molecule has 2 aromatic rings. The molecule has 1 aromatic carbocycles. The highest BCUT2D eigenvalue weighted by Gasteiger charge is 2.13. The smallest absolute Gasteiger partial charge is 0.167 e. The number of rotatable bonds is 5. The molecule has 19 heavy (non-hydrogen) atoms. The Bertz CT molecular complexity index is 549. The van der Waals surface area contributed by atoms with E-state index in [-0.39, 0.29) is 11.7 Å². The molecule has 0 saturated heterocycles. The van der Waals surface area contributed by atoms with E-state index in [1.165, 1.54) is 0 Å². The van der Waals surface area contributed by atoms with Crippen LogP contribution in [-0.2, 0) is 0 Å². The molecule has 96 valence electrons. The van der Waals surface area contributed by atoms with Crippen LogP contribution < -0.4 is 0 Å². The molecule has 1 heterocycles. The molecule has 0 N–H and O–H groups in total. The quantitative estimate of drug-likeness (QED) is 0.606. The molecule has 0 aliphatic carbocycles. The molecule has 3 nitrogen and oxygen atoms in total. The number of nitrogens with zero attached hydrogens (tertiary/aromatic N) is 2. The third-order valence-corrected chi connectivity index (χ3v) is 2.80. The van der Waals surface area contributed by atoms with Gasteiger partial charge in [0.15, 0.2) is 5.78 Å². The number of aromatic nitrogens is 1. The van der Waals surface area contributed by atoms with Crippen molar-refractivity contribution >= 4 is 12.0 Å². The first kappa shape index (κ1) is 13.1. The first-order valence-electron chi connectivity index (χ1n) is 6.27. The van der Waals surface area contributed by atoms with Crippen molar-refractivity contribution in [1.29, 1.82) is 0 Å². The number of benzene rings is 1. The summed E-state index contributed by atoms with van der Waals surface area (Å²) in [5.41, 5.74) is 1.55. The second-order valence-corrected chi connectivity index (χ2v) is 4.38. The van der Waals surface area contributed by atoms with Crippen molar-refractivity contribution in [2.24, 2.45) is 10.9 Å². The molecule has 3 heteroatoms. The molecule has 0 fully saturated rings. The topological polar surface area (TPSA) is 42.3 Å². The summed E-state index contributed by atoms with van der Waals surface area (Å²) >= 11 is 0. The van der Waals surface area contributed by atoms with Crippen LogP contribution in [0.5, 0.6) is 0 Å². The third-order valence-electron chi connectivity index (χ3n) is 2.80. The Morgan fingerprint density at radius 2 is 1.95 bits per heavy atom. The average Bonchev–Trinajstić information content (AvgIpc) is 2.48. The highest BCUT2D eigenvalue weighted by Crippen LogP contribution is 2.08. The van der Waals surface area contributed by atoms with Crippen molar-refractivity contribution in [1.82, 2.24) is 4.98 Å². The Morgan fingerprint density at radius 3 is 2.63 bits per heavy atom. The monoisotopic (exact) mass is 252 g/mol. The zero-order valence-corrected chi connectivity index (χ0v) is 10.9. The number of carbonyl (C=O) groups is 1. The number of pyridine rings is 1. The molecule has 1 aromatic heterocycles. The van der Waals surface area contributed by atoms with Gasteiger partial charge in [-0.3, -0.25) is 14.8 Å². The Morgan fingerprint density at radius 1 is 1.21 bits per heavy atom. The normalized spacial score (nSPS) is 12.5. The Kier molecular flexibility index (Phi) is 4.56. The number of hydrogen-bond donors (Lipinski definition) is 0. The molecule has 0 saturated carbocycles. The summed E-state index contributed by atoms with van der Waals surface area (Å²) in [5, 5.41) is 0. The van der Waals surface area contributed by atoms with Crippen molar-refractivity contribution in [3.63, 3.8) is 0 Å². The highest BCUT2D eigenvalue weighted by atomic mass is 16.1. The Hall–Kier alpha value is -2.29. The van der Waals surface area contributed by atoms with E-state index >= 15 is 0 Å². The van der Waals surface area contributed by atoms with Crippen molar-refractivity contribution in [2.75, 3.05) is 6.54 Å². The third kappa shape index (κ3) is 3.85. The Balaban J connectivity index is 1.93. The van der Waals surface area contributed by atoms with Crippen LogP contribution in [0, 0.1) is 5.92 Å². The molecular formula is C16H16N2O. The lowest BCUT2D eigenvalue weighted by Gasteiger charge is -2.06. The van der Waals surface area contributed by atoms with Crippen molar-refractivity contribution < 1.29 is 4.79 Å². The summed E-state index contributed by atoms with van der Waals surface area (Å²) in [5.74, 6) is 0.00105. The van der Waals surface area contributed by atoms with Gasteiger partial charge in [-0.05, 0) is 12.1 Å². The fraction of sp³-hybridized carbons (Fsp3) is 0.188. The average molecular weight is 252 g/mol. The molecule has 0 aliphatic heterocycles. The fourth-order valence-corrected chi connectivity index (χ4v) is 1.73. The molecular weight excluding hydrogens is 236 g/mol. The number of Topliss-reactive ketones (excluding diaryl/α,β-unsaturated/α-hetero) is 1. The van der Waals surface area contributed by atoms with E-state index in [1.807, 2.05) is 55.5 Å². The summed E-state index contributed by atoms with van der Waals surface area (Å²) in [6.07, 6.45) is 3.43. The first-order chi connectivity index (χ1) is 9.27. The standard InChI is InChI=1S/C16H16N2O/c1-13(16(19)14-7-3-2-4-8-14)11-17-12-15-9-5-6-10-18-15/h2-10,12-13H,11H2,1H3. The number of ketones is 1. The van der Waals surface area contributed by atoms with Crippen molar-refractivity contribution in [3.8, 4) is 0 Å². The van der Waals surface area contributed by atoms with Crippen LogP contribution in [0.2, 0.25) is 0 Å². The molecule has 0 spiro atoms. The second-order valence-electron chi connectivity index (χ2n) is 4.38. The zero-order valence-electron chi connectivity index (χ0n) is 10.9. The maximum Gasteiger partial charge on any atom is 0.167 e. The fourth-order valence-electron chi connectivity index (χ4n) is 1.73. The van der Waals surface area contributed by atoms with Gasteiger partial charge in [0.05, 0.1) is 5.69 Å². The second kappa shape index (κ2) is 6.59. The van der Waals surface area contributed by atoms with E-state index in [0.29, 0.717) is 6.54 Å². The summed E-state index contributed by atoms with van der Waals surface area (Å²) in [6, 6.07) is 15.0. The van der Waals surface area contributed by atoms with E-state index in [0.717, 1.165) is 11.3 Å². The molecule has 2 rings (SSSR count). The first-order valence-corrected chi connectivity index (χ1v) is 6.27. The number of aliphatic imine (C=N–C) groups is 1. The molecule has 0 amide bonds. The van der Waals surface area contributed by atoms with Gasteiger partial charge in [-0.2, -0.15) is 0 Å². The Labute approximate surface area is 113 Å². The zero-order chi connectivity index (χ0) is 13.5. The molecule has 1 atom stereocenters. The largest absolute Gasteiger partial charge is 0.294 e. The minimum atomic E-state index is -0.123. The van der Waals surface area contributed by atoms with Gasteiger partial charge < -0.3 is 0 Å². The lowest BCUT2D eigenvalue weighted by Crippen LogP contribution is -2.14. The van der Waals surface area contributed by atoms with E-state index in [9.17, 15) is 4.79 Å². The van der Waals surface area contributed by atoms with Crippen LogP contribution in [0.4, 0.5) is 0 Å². The van der Waals surface area contributed by atoms with E-state index in [2.05, 4.69) is 9.98 Å². The van der Waals surface area contributed by atoms with Gasteiger partial charge in [-0.15, -0.1) is 0 Å².